The zero-order chi connectivity index (χ0) is 26.5. The van der Waals surface area contributed by atoms with Gasteiger partial charge in [-0.25, -0.2) is 8.42 Å². The molecule has 36 heavy (non-hydrogen) atoms. The summed E-state index contributed by atoms with van der Waals surface area (Å²) in [6, 6.07) is 9.64. The number of fused-ring (bicyclic) bond motifs is 1. The van der Waals surface area contributed by atoms with Gasteiger partial charge in [-0.15, -0.1) is 0 Å². The van der Waals surface area contributed by atoms with Crippen molar-refractivity contribution in [3.63, 3.8) is 0 Å². The van der Waals surface area contributed by atoms with Crippen molar-refractivity contribution in [3.05, 3.63) is 53.9 Å². The van der Waals surface area contributed by atoms with Gasteiger partial charge in [-0.3, -0.25) is 9.78 Å². The summed E-state index contributed by atoms with van der Waals surface area (Å²) >= 11 is 0. The van der Waals surface area contributed by atoms with E-state index in [1.54, 1.807) is 49.3 Å². The largest absolute Gasteiger partial charge is 0.487 e. The van der Waals surface area contributed by atoms with Crippen LogP contribution in [0.2, 0.25) is 0 Å². The number of pyridine rings is 1. The molecule has 1 N–H and O–H groups in total. The third-order valence-corrected chi connectivity index (χ3v) is 8.13. The Bertz CT molecular complexity index is 1220. The van der Waals surface area contributed by atoms with E-state index in [0.717, 1.165) is 0 Å². The van der Waals surface area contributed by atoms with E-state index >= 15 is 0 Å². The molecule has 0 spiro atoms. The molecule has 2 aromatic rings. The van der Waals surface area contributed by atoms with E-state index in [-0.39, 0.29) is 54.5 Å². The molecular weight excluding hydrogens is 478 g/mol. The van der Waals surface area contributed by atoms with Crippen molar-refractivity contribution in [3.8, 4) is 17.6 Å². The smallest absolute Gasteiger partial charge is 0.247 e. The van der Waals surface area contributed by atoms with Crippen LogP contribution in [0.3, 0.4) is 0 Å². The maximum absolute atomic E-state index is 13.6. The Morgan fingerprint density at radius 2 is 2.03 bits per heavy atom. The molecule has 0 aliphatic carbocycles. The van der Waals surface area contributed by atoms with Crippen molar-refractivity contribution in [2.75, 3.05) is 26.7 Å². The topological polar surface area (TPSA) is 100 Å². The highest BCUT2D eigenvalue weighted by Gasteiger charge is 2.38. The van der Waals surface area contributed by atoms with Gasteiger partial charge in [0, 0.05) is 48.9 Å². The zero-order valence-electron chi connectivity index (χ0n) is 21.5. The van der Waals surface area contributed by atoms with E-state index in [2.05, 4.69) is 16.8 Å². The lowest BCUT2D eigenvalue weighted by atomic mass is 10.0. The summed E-state index contributed by atoms with van der Waals surface area (Å²) in [5, 5.41) is 9.79. The minimum absolute atomic E-state index is 0.0252. The number of rotatable bonds is 6. The second-order valence-electron chi connectivity index (χ2n) is 9.60. The Hall–Kier alpha value is -2.93. The predicted molar refractivity (Wildman–Crippen MR) is 138 cm³/mol. The number of benzene rings is 1. The number of hydrogen-bond donors (Lipinski definition) is 1. The highest BCUT2D eigenvalue weighted by atomic mass is 32.2. The number of nitrogens with zero attached hydrogens (tertiary/aromatic N) is 3. The summed E-state index contributed by atoms with van der Waals surface area (Å²) in [7, 11) is -2.23. The molecule has 0 saturated heterocycles. The van der Waals surface area contributed by atoms with Crippen molar-refractivity contribution in [2.45, 2.75) is 51.2 Å². The monoisotopic (exact) mass is 513 g/mol. The fourth-order valence-electron chi connectivity index (χ4n) is 3.91. The number of carbonyl (C=O) groups is 1. The van der Waals surface area contributed by atoms with Gasteiger partial charge in [0.1, 0.15) is 16.7 Å². The Kier molecular flexibility index (Phi) is 9.12. The molecule has 0 unspecified atom stereocenters. The highest BCUT2D eigenvalue weighted by molar-refractivity contribution is 7.89. The second kappa shape index (κ2) is 11.9. The number of aromatic nitrogens is 1. The van der Waals surface area contributed by atoms with Crippen molar-refractivity contribution in [2.24, 2.45) is 11.8 Å². The van der Waals surface area contributed by atoms with Crippen molar-refractivity contribution in [1.82, 2.24) is 14.2 Å². The minimum atomic E-state index is -3.93. The number of sulfonamides is 1. The SMILES string of the molecule is CC(C)C#Cc1ccc2c(c1)O[C@H](CN(C)C(=O)Cc1ccccn1)[C@@H](C)CN([C@@H](C)CO)S2(=O)=O. The molecule has 8 nitrogen and oxygen atoms in total. The Morgan fingerprint density at radius 1 is 1.28 bits per heavy atom. The lowest BCUT2D eigenvalue weighted by Crippen LogP contribution is -2.50. The molecule has 0 fully saturated rings. The summed E-state index contributed by atoms with van der Waals surface area (Å²) in [6.07, 6.45) is 1.32. The molecule has 3 rings (SSSR count). The van der Waals surface area contributed by atoms with Gasteiger partial charge >= 0.3 is 0 Å². The summed E-state index contributed by atoms with van der Waals surface area (Å²) in [5.74, 6) is 6.12. The second-order valence-corrected chi connectivity index (χ2v) is 11.5. The number of amides is 1. The fourth-order valence-corrected chi connectivity index (χ4v) is 5.74. The third-order valence-electron chi connectivity index (χ3n) is 6.11. The lowest BCUT2D eigenvalue weighted by Gasteiger charge is -2.37. The molecule has 9 heteroatoms. The van der Waals surface area contributed by atoms with Gasteiger partial charge in [0.15, 0.2) is 0 Å². The Morgan fingerprint density at radius 3 is 2.67 bits per heavy atom. The molecule has 1 amide bonds. The molecule has 1 aromatic carbocycles. The van der Waals surface area contributed by atoms with Crippen LogP contribution in [0.4, 0.5) is 0 Å². The van der Waals surface area contributed by atoms with Gasteiger partial charge in [0.25, 0.3) is 0 Å². The molecule has 0 bridgehead atoms. The van der Waals surface area contributed by atoms with Crippen LogP contribution in [0, 0.1) is 23.7 Å². The number of aliphatic hydroxyl groups is 1. The predicted octanol–water partition coefficient (Wildman–Crippen LogP) is 2.56. The van der Waals surface area contributed by atoms with Crippen LogP contribution in [-0.2, 0) is 21.2 Å². The molecule has 0 saturated carbocycles. The summed E-state index contributed by atoms with van der Waals surface area (Å²) in [4.78, 5) is 18.7. The van der Waals surface area contributed by atoms with Crippen molar-refractivity contribution < 1.29 is 23.1 Å². The van der Waals surface area contributed by atoms with Crippen LogP contribution < -0.4 is 4.74 Å². The standard InChI is InChI=1S/C27H35N3O5S/c1-19(2)9-10-22-11-12-26-24(14-22)35-25(20(3)16-30(21(4)18-31)36(26,33)34)17-29(5)27(32)15-23-8-6-7-13-28-23/h6-8,11-14,19-21,25,31H,15-18H2,1-5H3/t20-,21-,25+/m0/s1. The number of likely N-dealkylation sites (N-methyl/N-ethyl adjacent to an activating group) is 1. The maximum Gasteiger partial charge on any atom is 0.247 e. The van der Waals surface area contributed by atoms with E-state index in [1.165, 1.54) is 10.4 Å². The molecule has 2 heterocycles. The zero-order valence-corrected chi connectivity index (χ0v) is 22.3. The first kappa shape index (κ1) is 27.7. The van der Waals surface area contributed by atoms with Gasteiger partial charge in [0.05, 0.1) is 19.6 Å². The average molecular weight is 514 g/mol. The summed E-state index contributed by atoms with van der Waals surface area (Å²) < 4.78 is 34.8. The van der Waals surface area contributed by atoms with Crippen molar-refractivity contribution in [1.29, 1.82) is 0 Å². The van der Waals surface area contributed by atoms with Crippen LogP contribution in [0.1, 0.15) is 39.0 Å². The normalized spacial score (nSPS) is 20.2. The fraction of sp³-hybridized carbons (Fsp3) is 0.481. The average Bonchev–Trinajstić information content (AvgIpc) is 2.84. The van der Waals surface area contributed by atoms with E-state index in [9.17, 15) is 18.3 Å². The molecule has 0 radical (unpaired) electrons. The molecule has 1 aliphatic heterocycles. The van der Waals surface area contributed by atoms with Gasteiger partial charge in [-0.1, -0.05) is 38.7 Å². The quantitative estimate of drug-likeness (QED) is 0.596. The summed E-state index contributed by atoms with van der Waals surface area (Å²) in [5.41, 5.74) is 1.32. The van der Waals surface area contributed by atoms with Gasteiger partial charge in [-0.2, -0.15) is 4.31 Å². The van der Waals surface area contributed by atoms with E-state index in [4.69, 9.17) is 4.74 Å². The highest BCUT2D eigenvalue weighted by Crippen LogP contribution is 2.34. The summed E-state index contributed by atoms with van der Waals surface area (Å²) in [6.45, 7) is 7.61. The van der Waals surface area contributed by atoms with Gasteiger partial charge in [0.2, 0.25) is 15.9 Å². The van der Waals surface area contributed by atoms with Crippen LogP contribution >= 0.6 is 0 Å². The van der Waals surface area contributed by atoms with Crippen molar-refractivity contribution >= 4 is 15.9 Å². The molecule has 3 atom stereocenters. The first-order valence-electron chi connectivity index (χ1n) is 12.1. The van der Waals surface area contributed by atoms with E-state index in [0.29, 0.717) is 11.3 Å². The van der Waals surface area contributed by atoms with Crippen LogP contribution in [-0.4, -0.2) is 72.5 Å². The Labute approximate surface area is 214 Å². The first-order valence-corrected chi connectivity index (χ1v) is 13.6. The lowest BCUT2D eigenvalue weighted by molar-refractivity contribution is -0.130. The minimum Gasteiger partial charge on any atom is -0.487 e. The molecule has 1 aromatic heterocycles. The third kappa shape index (κ3) is 6.64. The molecule has 194 valence electrons. The van der Waals surface area contributed by atoms with Crippen LogP contribution in [0.5, 0.6) is 5.75 Å². The Balaban J connectivity index is 1.96. The van der Waals surface area contributed by atoms with E-state index < -0.39 is 22.2 Å². The van der Waals surface area contributed by atoms with Crippen LogP contribution in [0.15, 0.2) is 47.5 Å². The number of ether oxygens (including phenoxy) is 1. The number of aliphatic hydroxyl groups excluding tert-OH is 1. The molecule has 1 aliphatic rings. The maximum atomic E-state index is 13.6. The number of hydrogen-bond acceptors (Lipinski definition) is 6. The van der Waals surface area contributed by atoms with Gasteiger partial charge in [-0.05, 0) is 37.3 Å². The first-order chi connectivity index (χ1) is 17.0. The molecular formula is C27H35N3O5S. The number of carbonyl (C=O) groups excluding carboxylic acids is 1. The van der Waals surface area contributed by atoms with E-state index in [1.807, 2.05) is 26.8 Å². The van der Waals surface area contributed by atoms with Gasteiger partial charge < -0.3 is 14.7 Å². The van der Waals surface area contributed by atoms with Crippen LogP contribution in [0.25, 0.3) is 0 Å².